The largest absolute Gasteiger partial charge is 0.445 e. The molecule has 0 fully saturated rings. The Kier molecular flexibility index (Phi) is 11.5. The van der Waals surface area contributed by atoms with Crippen LogP contribution in [0.5, 0.6) is 0 Å². The highest BCUT2D eigenvalue weighted by atomic mass is 19.3. The Bertz CT molecular complexity index is 1010. The number of rotatable bonds is 13. The molecule has 0 saturated heterocycles. The van der Waals surface area contributed by atoms with Crippen LogP contribution in [0.3, 0.4) is 0 Å². The van der Waals surface area contributed by atoms with Crippen molar-refractivity contribution >= 4 is 17.9 Å². The first-order valence-corrected chi connectivity index (χ1v) is 12.1. The molecule has 37 heavy (non-hydrogen) atoms. The second-order valence-corrected chi connectivity index (χ2v) is 9.32. The number of carbonyl (C=O) groups excluding carboxylic acids is 3. The van der Waals surface area contributed by atoms with Gasteiger partial charge in [-0.05, 0) is 30.4 Å². The number of benzene rings is 2. The van der Waals surface area contributed by atoms with Crippen molar-refractivity contribution < 1.29 is 33.0 Å². The Morgan fingerprint density at radius 2 is 1.49 bits per heavy atom. The number of amides is 3. The highest BCUT2D eigenvalue weighted by molar-refractivity contribution is 5.88. The number of aliphatic hydroxyl groups is 1. The molecule has 10 heteroatoms. The second-order valence-electron chi connectivity index (χ2n) is 9.32. The molecule has 3 amide bonds. The molecule has 0 aliphatic rings. The summed E-state index contributed by atoms with van der Waals surface area (Å²) in [6.07, 6.45) is -3.14. The number of aliphatic hydroxyl groups excluding tert-OH is 1. The van der Waals surface area contributed by atoms with Gasteiger partial charge >= 0.3 is 6.09 Å². The van der Waals surface area contributed by atoms with Crippen molar-refractivity contribution in [3.8, 4) is 0 Å². The summed E-state index contributed by atoms with van der Waals surface area (Å²) < 4.78 is 34.8. The predicted molar refractivity (Wildman–Crippen MR) is 135 cm³/mol. The lowest BCUT2D eigenvalue weighted by molar-refractivity contribution is -0.136. The highest BCUT2D eigenvalue weighted by Crippen LogP contribution is 2.24. The molecule has 2 rings (SSSR count). The van der Waals surface area contributed by atoms with Crippen LogP contribution < -0.4 is 16.0 Å². The molecule has 2 aromatic rings. The van der Waals surface area contributed by atoms with Crippen molar-refractivity contribution in [2.45, 2.75) is 64.3 Å². The van der Waals surface area contributed by atoms with E-state index in [-0.39, 0.29) is 25.4 Å². The van der Waals surface area contributed by atoms with Crippen molar-refractivity contribution in [1.82, 2.24) is 16.0 Å². The van der Waals surface area contributed by atoms with E-state index in [1.165, 1.54) is 6.92 Å². The number of ether oxygens (including phenoxy) is 1. The van der Waals surface area contributed by atoms with Gasteiger partial charge in [0.25, 0.3) is 5.92 Å². The lowest BCUT2D eigenvalue weighted by Gasteiger charge is -2.31. The molecule has 0 heterocycles. The van der Waals surface area contributed by atoms with Crippen LogP contribution in [-0.2, 0) is 27.4 Å². The maximum absolute atomic E-state index is 14.8. The predicted octanol–water partition coefficient (Wildman–Crippen LogP) is 3.19. The van der Waals surface area contributed by atoms with E-state index in [2.05, 4.69) is 16.0 Å². The van der Waals surface area contributed by atoms with Crippen LogP contribution in [0.4, 0.5) is 13.6 Å². The van der Waals surface area contributed by atoms with Crippen LogP contribution >= 0.6 is 0 Å². The molecule has 0 spiro atoms. The lowest BCUT2D eigenvalue weighted by Crippen LogP contribution is -2.57. The molecule has 3 atom stereocenters. The van der Waals surface area contributed by atoms with E-state index in [4.69, 9.17) is 4.74 Å². The third kappa shape index (κ3) is 10.5. The zero-order valence-electron chi connectivity index (χ0n) is 21.2. The summed E-state index contributed by atoms with van der Waals surface area (Å²) in [7, 11) is 0. The first-order valence-electron chi connectivity index (χ1n) is 12.1. The molecule has 8 nitrogen and oxygen atoms in total. The van der Waals surface area contributed by atoms with Crippen LogP contribution in [-0.4, -0.2) is 53.7 Å². The summed E-state index contributed by atoms with van der Waals surface area (Å²) in [4.78, 5) is 36.7. The van der Waals surface area contributed by atoms with Gasteiger partial charge in [-0.15, -0.1) is 0 Å². The molecule has 4 N–H and O–H groups in total. The van der Waals surface area contributed by atoms with Gasteiger partial charge in [0.2, 0.25) is 11.8 Å². The van der Waals surface area contributed by atoms with Crippen LogP contribution in [0, 0.1) is 5.92 Å². The number of alkyl carbamates (subject to hydrolysis) is 1. The van der Waals surface area contributed by atoms with Gasteiger partial charge in [-0.25, -0.2) is 13.6 Å². The number of nitrogens with one attached hydrogen (secondary N) is 3. The first kappa shape index (κ1) is 29.7. The van der Waals surface area contributed by atoms with Gasteiger partial charge < -0.3 is 25.8 Å². The van der Waals surface area contributed by atoms with Gasteiger partial charge in [0.15, 0.2) is 0 Å². The van der Waals surface area contributed by atoms with E-state index in [1.807, 2.05) is 0 Å². The number of alkyl halides is 2. The highest BCUT2D eigenvalue weighted by Gasteiger charge is 2.44. The second kappa shape index (κ2) is 14.3. The molecule has 0 saturated carbocycles. The zero-order chi connectivity index (χ0) is 27.4. The summed E-state index contributed by atoms with van der Waals surface area (Å²) in [6.45, 7) is 3.66. The normalized spacial score (nSPS) is 13.8. The van der Waals surface area contributed by atoms with E-state index >= 15 is 0 Å². The number of hydrogen-bond donors (Lipinski definition) is 4. The van der Waals surface area contributed by atoms with Crippen LogP contribution in [0.25, 0.3) is 0 Å². The molecule has 0 aliphatic heterocycles. The van der Waals surface area contributed by atoms with E-state index in [0.29, 0.717) is 0 Å². The van der Waals surface area contributed by atoms with Gasteiger partial charge in [0, 0.05) is 0 Å². The topological polar surface area (TPSA) is 117 Å². The van der Waals surface area contributed by atoms with E-state index < -0.39 is 48.6 Å². The Balaban J connectivity index is 1.89. The summed E-state index contributed by atoms with van der Waals surface area (Å²) in [5, 5.41) is 17.3. The lowest BCUT2D eigenvalue weighted by atomic mass is 9.95. The van der Waals surface area contributed by atoms with Crippen molar-refractivity contribution in [2.75, 3.05) is 6.54 Å². The SMILES string of the molecule is CC(C)CC(NC(=O)OCc1ccccc1)C(O)C(F)(F)CNC(=O)C(C)NC(=O)Cc1ccccc1. The smallest absolute Gasteiger partial charge is 0.407 e. The summed E-state index contributed by atoms with van der Waals surface area (Å²) in [6, 6.07) is 15.3. The quantitative estimate of drug-likeness (QED) is 0.324. The maximum Gasteiger partial charge on any atom is 0.407 e. The van der Waals surface area contributed by atoms with Crippen LogP contribution in [0.2, 0.25) is 0 Å². The van der Waals surface area contributed by atoms with Gasteiger partial charge in [-0.2, -0.15) is 0 Å². The minimum atomic E-state index is -3.77. The van der Waals surface area contributed by atoms with Gasteiger partial charge in [0.1, 0.15) is 18.8 Å². The Hall–Kier alpha value is -3.53. The Morgan fingerprint density at radius 3 is 2.05 bits per heavy atom. The third-order valence-corrected chi connectivity index (χ3v) is 5.53. The first-order chi connectivity index (χ1) is 17.5. The molecule has 0 aromatic heterocycles. The Labute approximate surface area is 215 Å². The molecule has 3 unspecified atom stereocenters. The minimum absolute atomic E-state index is 0.0380. The third-order valence-electron chi connectivity index (χ3n) is 5.53. The monoisotopic (exact) mass is 519 g/mol. The molecule has 2 aromatic carbocycles. The minimum Gasteiger partial charge on any atom is -0.445 e. The molecule has 0 bridgehead atoms. The van der Waals surface area contributed by atoms with Crippen molar-refractivity contribution in [3.63, 3.8) is 0 Å². The number of hydrogen-bond acceptors (Lipinski definition) is 5. The van der Waals surface area contributed by atoms with Crippen molar-refractivity contribution in [1.29, 1.82) is 0 Å². The molecule has 0 aliphatic carbocycles. The fourth-order valence-corrected chi connectivity index (χ4v) is 3.59. The van der Waals surface area contributed by atoms with Gasteiger partial charge in [-0.3, -0.25) is 9.59 Å². The van der Waals surface area contributed by atoms with Crippen LogP contribution in [0.15, 0.2) is 60.7 Å². The van der Waals surface area contributed by atoms with Crippen LogP contribution in [0.1, 0.15) is 38.3 Å². The van der Waals surface area contributed by atoms with Crippen molar-refractivity contribution in [3.05, 3.63) is 71.8 Å². The summed E-state index contributed by atoms with van der Waals surface area (Å²) >= 11 is 0. The molecular weight excluding hydrogens is 484 g/mol. The maximum atomic E-state index is 14.8. The average molecular weight is 520 g/mol. The number of halogens is 2. The van der Waals surface area contributed by atoms with Gasteiger partial charge in [-0.1, -0.05) is 74.5 Å². The van der Waals surface area contributed by atoms with Crippen molar-refractivity contribution in [2.24, 2.45) is 5.92 Å². The zero-order valence-corrected chi connectivity index (χ0v) is 21.2. The average Bonchev–Trinajstić information content (AvgIpc) is 2.86. The molecular formula is C27H35F2N3O5. The standard InChI is InChI=1S/C27H35F2N3O5/c1-18(2)14-22(32-26(36)37-16-21-12-8-5-9-13-21)24(34)27(28,29)17-30-25(35)19(3)31-23(33)15-20-10-6-4-7-11-20/h4-13,18-19,22,24,34H,14-17H2,1-3H3,(H,30,35)(H,31,33)(H,32,36). The molecule has 202 valence electrons. The fourth-order valence-electron chi connectivity index (χ4n) is 3.59. The molecule has 0 radical (unpaired) electrons. The summed E-state index contributed by atoms with van der Waals surface area (Å²) in [5.74, 6) is -5.16. The number of carbonyl (C=O) groups is 3. The van der Waals surface area contributed by atoms with E-state index in [9.17, 15) is 28.3 Å². The van der Waals surface area contributed by atoms with E-state index in [0.717, 1.165) is 11.1 Å². The summed E-state index contributed by atoms with van der Waals surface area (Å²) in [5.41, 5.74) is 1.46. The van der Waals surface area contributed by atoms with E-state index in [1.54, 1.807) is 74.5 Å². The Morgan fingerprint density at radius 1 is 0.919 bits per heavy atom. The van der Waals surface area contributed by atoms with Gasteiger partial charge in [0.05, 0.1) is 19.0 Å². The fraction of sp³-hybridized carbons (Fsp3) is 0.444.